The Balaban J connectivity index is 2.16. The van der Waals surface area contributed by atoms with Gasteiger partial charge in [0.15, 0.2) is 0 Å². The summed E-state index contributed by atoms with van der Waals surface area (Å²) in [5, 5.41) is 3.97. The van der Waals surface area contributed by atoms with Crippen LogP contribution in [0.3, 0.4) is 0 Å². The molecule has 1 aliphatic rings. The summed E-state index contributed by atoms with van der Waals surface area (Å²) in [6, 6.07) is 4.39. The molecule has 4 heteroatoms. The van der Waals surface area contributed by atoms with Gasteiger partial charge in [0.1, 0.15) is 5.82 Å². The highest BCUT2D eigenvalue weighted by atomic mass is 32.2. The van der Waals surface area contributed by atoms with Crippen molar-refractivity contribution >= 4 is 17.6 Å². The summed E-state index contributed by atoms with van der Waals surface area (Å²) in [5.41, 5.74) is 2.44. The average molecular weight is 265 g/mol. The maximum absolute atomic E-state index is 4.70. The number of nitrogens with zero attached hydrogens (tertiary/aromatic N) is 2. The molecule has 0 aromatic carbocycles. The Morgan fingerprint density at radius 2 is 2.33 bits per heavy atom. The van der Waals surface area contributed by atoms with E-state index in [1.54, 1.807) is 0 Å². The van der Waals surface area contributed by atoms with Crippen LogP contribution in [-0.4, -0.2) is 36.1 Å². The maximum atomic E-state index is 4.70. The van der Waals surface area contributed by atoms with Crippen molar-refractivity contribution in [1.82, 2.24) is 10.3 Å². The summed E-state index contributed by atoms with van der Waals surface area (Å²) in [7, 11) is 1.99. The summed E-state index contributed by atoms with van der Waals surface area (Å²) in [4.78, 5) is 7.14. The van der Waals surface area contributed by atoms with Crippen molar-refractivity contribution in [3.8, 4) is 0 Å². The molecule has 0 saturated carbocycles. The van der Waals surface area contributed by atoms with E-state index >= 15 is 0 Å². The van der Waals surface area contributed by atoms with Crippen molar-refractivity contribution in [3.05, 3.63) is 23.4 Å². The molecule has 0 aliphatic carbocycles. The van der Waals surface area contributed by atoms with Crippen LogP contribution < -0.4 is 10.2 Å². The third kappa shape index (κ3) is 3.39. The number of aromatic nitrogens is 1. The number of anilines is 1. The summed E-state index contributed by atoms with van der Waals surface area (Å²) < 4.78 is 0. The van der Waals surface area contributed by atoms with Crippen molar-refractivity contribution in [2.75, 3.05) is 30.8 Å². The van der Waals surface area contributed by atoms with E-state index in [-0.39, 0.29) is 0 Å². The Morgan fingerprint density at radius 1 is 1.50 bits per heavy atom. The van der Waals surface area contributed by atoms with Gasteiger partial charge >= 0.3 is 0 Å². The average Bonchev–Trinajstić information content (AvgIpc) is 2.38. The van der Waals surface area contributed by atoms with E-state index in [1.807, 2.05) is 7.05 Å². The van der Waals surface area contributed by atoms with Crippen molar-refractivity contribution in [1.29, 1.82) is 0 Å². The quantitative estimate of drug-likeness (QED) is 0.905. The standard InChI is InChI=1S/C14H23N3S/c1-4-13-10-17(5-6-18-13)14-8-12(9-15-3)7-11(2)16-14/h7-8,13,15H,4-6,9-10H2,1-3H3. The van der Waals surface area contributed by atoms with Gasteiger partial charge in [0.2, 0.25) is 0 Å². The van der Waals surface area contributed by atoms with Crippen LogP contribution in [0.2, 0.25) is 0 Å². The molecule has 1 aromatic heterocycles. The van der Waals surface area contributed by atoms with Crippen LogP contribution in [0.25, 0.3) is 0 Å². The molecule has 1 N–H and O–H groups in total. The molecule has 2 heterocycles. The Morgan fingerprint density at radius 3 is 3.06 bits per heavy atom. The molecule has 0 radical (unpaired) electrons. The Bertz CT molecular complexity index is 395. The fraction of sp³-hybridized carbons (Fsp3) is 0.643. The zero-order valence-electron chi connectivity index (χ0n) is 11.6. The lowest BCUT2D eigenvalue weighted by Crippen LogP contribution is -2.38. The summed E-state index contributed by atoms with van der Waals surface area (Å²) in [5.74, 6) is 2.37. The number of thioether (sulfide) groups is 1. The predicted molar refractivity (Wildman–Crippen MR) is 80.5 cm³/mol. The van der Waals surface area contributed by atoms with Gasteiger partial charge in [0.25, 0.3) is 0 Å². The van der Waals surface area contributed by atoms with Gasteiger partial charge in [0, 0.05) is 36.3 Å². The van der Waals surface area contributed by atoms with Crippen LogP contribution >= 0.6 is 11.8 Å². The largest absolute Gasteiger partial charge is 0.355 e. The van der Waals surface area contributed by atoms with Gasteiger partial charge in [-0.1, -0.05) is 6.92 Å². The lowest BCUT2D eigenvalue weighted by molar-refractivity contribution is 0.716. The predicted octanol–water partition coefficient (Wildman–Crippen LogP) is 2.44. The molecule has 3 nitrogen and oxygen atoms in total. The lowest BCUT2D eigenvalue weighted by atomic mass is 10.2. The van der Waals surface area contributed by atoms with Crippen molar-refractivity contribution < 1.29 is 0 Å². The molecule has 1 aliphatic heterocycles. The smallest absolute Gasteiger partial charge is 0.129 e. The second kappa shape index (κ2) is 6.43. The molecular weight excluding hydrogens is 242 g/mol. The Labute approximate surface area is 114 Å². The molecule has 2 rings (SSSR count). The zero-order valence-corrected chi connectivity index (χ0v) is 12.4. The SMILES string of the molecule is CCC1CN(c2cc(CNC)cc(C)n2)CCS1. The first-order chi connectivity index (χ1) is 8.72. The molecule has 0 bridgehead atoms. The van der Waals surface area contributed by atoms with Crippen LogP contribution in [0.15, 0.2) is 12.1 Å². The van der Waals surface area contributed by atoms with Gasteiger partial charge < -0.3 is 10.2 Å². The van der Waals surface area contributed by atoms with Crippen molar-refractivity contribution in [3.63, 3.8) is 0 Å². The maximum Gasteiger partial charge on any atom is 0.129 e. The monoisotopic (exact) mass is 265 g/mol. The van der Waals surface area contributed by atoms with Gasteiger partial charge in [-0.25, -0.2) is 4.98 Å². The van der Waals surface area contributed by atoms with Gasteiger partial charge in [-0.2, -0.15) is 11.8 Å². The van der Waals surface area contributed by atoms with E-state index in [4.69, 9.17) is 4.98 Å². The first kappa shape index (κ1) is 13.7. The topological polar surface area (TPSA) is 28.2 Å². The number of hydrogen-bond donors (Lipinski definition) is 1. The summed E-state index contributed by atoms with van der Waals surface area (Å²) >= 11 is 2.10. The summed E-state index contributed by atoms with van der Waals surface area (Å²) in [6.45, 7) is 7.53. The van der Waals surface area contributed by atoms with Crippen LogP contribution in [0, 0.1) is 6.92 Å². The van der Waals surface area contributed by atoms with Crippen molar-refractivity contribution in [2.45, 2.75) is 32.1 Å². The van der Waals surface area contributed by atoms with E-state index in [1.165, 1.54) is 17.7 Å². The third-order valence-corrected chi connectivity index (χ3v) is 4.67. The molecule has 0 spiro atoms. The van der Waals surface area contributed by atoms with E-state index < -0.39 is 0 Å². The first-order valence-electron chi connectivity index (χ1n) is 6.71. The zero-order chi connectivity index (χ0) is 13.0. The van der Waals surface area contributed by atoms with E-state index in [2.05, 4.69) is 48.0 Å². The van der Waals surface area contributed by atoms with Gasteiger partial charge in [-0.3, -0.25) is 0 Å². The van der Waals surface area contributed by atoms with E-state index in [9.17, 15) is 0 Å². The fourth-order valence-corrected chi connectivity index (χ4v) is 3.54. The second-order valence-electron chi connectivity index (χ2n) is 4.85. The van der Waals surface area contributed by atoms with Crippen molar-refractivity contribution in [2.24, 2.45) is 0 Å². The molecule has 1 unspecified atom stereocenters. The number of aryl methyl sites for hydroxylation is 1. The molecule has 1 saturated heterocycles. The molecule has 1 fully saturated rings. The molecule has 18 heavy (non-hydrogen) atoms. The highest BCUT2D eigenvalue weighted by Crippen LogP contribution is 2.25. The minimum absolute atomic E-state index is 0.758. The van der Waals surface area contributed by atoms with Gasteiger partial charge in [-0.15, -0.1) is 0 Å². The van der Waals surface area contributed by atoms with Gasteiger partial charge in [-0.05, 0) is 38.1 Å². The minimum atomic E-state index is 0.758. The molecule has 100 valence electrons. The van der Waals surface area contributed by atoms with Gasteiger partial charge in [0.05, 0.1) is 0 Å². The highest BCUT2D eigenvalue weighted by Gasteiger charge is 2.20. The van der Waals surface area contributed by atoms with E-state index in [0.717, 1.165) is 36.4 Å². The second-order valence-corrected chi connectivity index (χ2v) is 6.26. The van der Waals surface area contributed by atoms with Crippen LogP contribution in [0.1, 0.15) is 24.6 Å². The Kier molecular flexibility index (Phi) is 4.89. The highest BCUT2D eigenvalue weighted by molar-refractivity contribution is 8.00. The third-order valence-electron chi connectivity index (χ3n) is 3.30. The number of hydrogen-bond acceptors (Lipinski definition) is 4. The summed E-state index contributed by atoms with van der Waals surface area (Å²) in [6.07, 6.45) is 1.25. The fourth-order valence-electron chi connectivity index (χ4n) is 2.36. The number of nitrogens with one attached hydrogen (secondary N) is 1. The molecule has 0 amide bonds. The van der Waals surface area contributed by atoms with Crippen LogP contribution in [0.5, 0.6) is 0 Å². The molecule has 1 atom stereocenters. The molecule has 1 aromatic rings. The number of rotatable bonds is 4. The minimum Gasteiger partial charge on any atom is -0.355 e. The lowest BCUT2D eigenvalue weighted by Gasteiger charge is -2.33. The van der Waals surface area contributed by atoms with Crippen LogP contribution in [0.4, 0.5) is 5.82 Å². The molecular formula is C14H23N3S. The number of pyridine rings is 1. The van der Waals surface area contributed by atoms with Crippen LogP contribution in [-0.2, 0) is 6.54 Å². The first-order valence-corrected chi connectivity index (χ1v) is 7.76. The van der Waals surface area contributed by atoms with E-state index in [0.29, 0.717) is 0 Å². The Hall–Kier alpha value is -0.740. The normalized spacial score (nSPS) is 20.2.